The molecule has 10 heteroatoms. The molecule has 3 aromatic rings. The van der Waals surface area contributed by atoms with Crippen LogP contribution in [0.3, 0.4) is 0 Å². The fraction of sp³-hybridized carbons (Fsp3) is 0.143. The zero-order valence-electron chi connectivity index (χ0n) is 16.2. The second kappa shape index (κ2) is 8.90. The van der Waals surface area contributed by atoms with Crippen LogP contribution in [0.1, 0.15) is 21.6 Å². The Labute approximate surface area is 174 Å². The number of hydrogen-bond donors (Lipinski definition) is 2. The van der Waals surface area contributed by atoms with Gasteiger partial charge in [0.05, 0.1) is 5.56 Å². The van der Waals surface area contributed by atoms with Gasteiger partial charge in [0, 0.05) is 18.3 Å². The molecule has 0 atom stereocenters. The lowest BCUT2D eigenvalue weighted by Gasteiger charge is -2.12. The molecular formula is C21H17F4N3O3. The Bertz CT molecular complexity index is 1090. The number of aryl methyl sites for hydroxylation is 1. The van der Waals surface area contributed by atoms with E-state index in [9.17, 15) is 22.4 Å². The number of carbonyl (C=O) groups excluding carboxylic acids is 1. The molecule has 0 aliphatic carbocycles. The van der Waals surface area contributed by atoms with E-state index in [0.717, 1.165) is 17.7 Å². The Morgan fingerprint density at radius 2 is 1.74 bits per heavy atom. The molecule has 0 spiro atoms. The molecule has 0 fully saturated rings. The molecule has 0 saturated carbocycles. The molecule has 6 nitrogen and oxygen atoms in total. The predicted octanol–water partition coefficient (Wildman–Crippen LogP) is 4.73. The van der Waals surface area contributed by atoms with Crippen LogP contribution in [0.5, 0.6) is 17.2 Å². The van der Waals surface area contributed by atoms with Crippen LogP contribution in [0, 0.1) is 12.7 Å². The molecule has 1 amide bonds. The molecule has 0 aliphatic rings. The van der Waals surface area contributed by atoms with Crippen LogP contribution >= 0.6 is 0 Å². The van der Waals surface area contributed by atoms with E-state index in [4.69, 9.17) is 10.5 Å². The lowest BCUT2D eigenvalue weighted by Crippen LogP contribution is -2.24. The molecule has 0 bridgehead atoms. The van der Waals surface area contributed by atoms with Crippen molar-refractivity contribution < 1.29 is 31.8 Å². The summed E-state index contributed by atoms with van der Waals surface area (Å²) in [5, 5.41) is 2.72. The molecule has 0 aliphatic heterocycles. The summed E-state index contributed by atoms with van der Waals surface area (Å²) in [4.78, 5) is 16.3. The molecule has 2 aromatic carbocycles. The predicted molar refractivity (Wildman–Crippen MR) is 104 cm³/mol. The van der Waals surface area contributed by atoms with Gasteiger partial charge in [0.1, 0.15) is 17.3 Å². The fourth-order valence-electron chi connectivity index (χ4n) is 2.61. The minimum atomic E-state index is -5.02. The number of anilines is 1. The summed E-state index contributed by atoms with van der Waals surface area (Å²) < 4.78 is 59.5. The van der Waals surface area contributed by atoms with Gasteiger partial charge in [-0.1, -0.05) is 12.1 Å². The second-order valence-electron chi connectivity index (χ2n) is 6.45. The number of nitrogen functional groups attached to an aromatic ring is 1. The van der Waals surface area contributed by atoms with Crippen molar-refractivity contribution in [3.8, 4) is 17.2 Å². The van der Waals surface area contributed by atoms with Gasteiger partial charge in [-0.15, -0.1) is 13.2 Å². The lowest BCUT2D eigenvalue weighted by atomic mass is 10.2. The molecule has 3 rings (SSSR count). The van der Waals surface area contributed by atoms with E-state index >= 15 is 0 Å². The van der Waals surface area contributed by atoms with Crippen molar-refractivity contribution in [3.63, 3.8) is 0 Å². The molecule has 0 radical (unpaired) electrons. The van der Waals surface area contributed by atoms with Crippen LogP contribution < -0.4 is 20.5 Å². The van der Waals surface area contributed by atoms with E-state index in [2.05, 4.69) is 15.0 Å². The van der Waals surface area contributed by atoms with Crippen molar-refractivity contribution in [3.05, 3.63) is 77.2 Å². The highest BCUT2D eigenvalue weighted by atomic mass is 19.4. The van der Waals surface area contributed by atoms with Gasteiger partial charge < -0.3 is 20.5 Å². The minimum absolute atomic E-state index is 0.0379. The van der Waals surface area contributed by atoms with Crippen molar-refractivity contribution >= 4 is 11.7 Å². The highest BCUT2D eigenvalue weighted by Gasteiger charge is 2.32. The van der Waals surface area contributed by atoms with E-state index in [1.54, 1.807) is 43.3 Å². The largest absolute Gasteiger partial charge is 0.573 e. The molecule has 1 heterocycles. The zero-order chi connectivity index (χ0) is 22.6. The minimum Gasteiger partial charge on any atom is -0.457 e. The first-order valence-corrected chi connectivity index (χ1v) is 8.94. The Hall–Kier alpha value is -3.82. The molecule has 0 unspecified atom stereocenters. The number of alkyl halides is 3. The van der Waals surface area contributed by atoms with Gasteiger partial charge >= 0.3 is 6.36 Å². The maximum absolute atomic E-state index is 13.5. The standard InChI is InChI=1S/C21H17F4N3O3/c1-12-2-8-16(19(26)28-12)20(29)27-11-13-3-5-14(6-4-13)30-15-7-9-17(22)18(10-15)31-21(23,24)25/h2-10H,11H2,1H3,(H2,26,28)(H,27,29). The Balaban J connectivity index is 1.61. The van der Waals surface area contributed by atoms with Gasteiger partial charge in [-0.05, 0) is 48.9 Å². The van der Waals surface area contributed by atoms with Crippen molar-refractivity contribution in [2.75, 3.05) is 5.73 Å². The van der Waals surface area contributed by atoms with Crippen LogP contribution in [0.15, 0.2) is 54.6 Å². The summed E-state index contributed by atoms with van der Waals surface area (Å²) in [5.41, 5.74) is 7.45. The van der Waals surface area contributed by atoms with Crippen LogP contribution in [0.4, 0.5) is 23.4 Å². The first-order chi connectivity index (χ1) is 14.6. The number of ether oxygens (including phenoxy) is 2. The smallest absolute Gasteiger partial charge is 0.457 e. The molecule has 3 N–H and O–H groups in total. The van der Waals surface area contributed by atoms with Gasteiger partial charge in [0.2, 0.25) is 0 Å². The van der Waals surface area contributed by atoms with Crippen molar-refractivity contribution in [2.24, 2.45) is 0 Å². The second-order valence-corrected chi connectivity index (χ2v) is 6.45. The summed E-state index contributed by atoms with van der Waals surface area (Å²) in [5.74, 6) is -2.15. The number of nitrogens with one attached hydrogen (secondary N) is 1. The van der Waals surface area contributed by atoms with Crippen molar-refractivity contribution in [2.45, 2.75) is 19.8 Å². The summed E-state index contributed by atoms with van der Waals surface area (Å²) in [6.07, 6.45) is -5.02. The SMILES string of the molecule is Cc1ccc(C(=O)NCc2ccc(Oc3ccc(F)c(OC(F)(F)F)c3)cc2)c(N)n1. The van der Waals surface area contributed by atoms with Crippen LogP contribution in [0.2, 0.25) is 0 Å². The third kappa shape index (κ3) is 6.08. The summed E-state index contributed by atoms with van der Waals surface area (Å²) in [6.45, 7) is 1.96. The maximum Gasteiger partial charge on any atom is 0.573 e. The Kier molecular flexibility index (Phi) is 6.28. The van der Waals surface area contributed by atoms with E-state index < -0.39 is 17.9 Å². The van der Waals surface area contributed by atoms with Crippen molar-refractivity contribution in [1.29, 1.82) is 0 Å². The number of aromatic nitrogens is 1. The molecule has 162 valence electrons. The molecular weight excluding hydrogens is 418 g/mol. The van der Waals surface area contributed by atoms with Gasteiger partial charge in [0.25, 0.3) is 5.91 Å². The zero-order valence-corrected chi connectivity index (χ0v) is 16.2. The van der Waals surface area contributed by atoms with E-state index in [0.29, 0.717) is 11.4 Å². The number of amides is 1. The van der Waals surface area contributed by atoms with Crippen LogP contribution in [0.25, 0.3) is 0 Å². The maximum atomic E-state index is 13.5. The monoisotopic (exact) mass is 435 g/mol. The van der Waals surface area contributed by atoms with Crippen molar-refractivity contribution in [1.82, 2.24) is 10.3 Å². The third-order valence-corrected chi connectivity index (χ3v) is 4.05. The van der Waals surface area contributed by atoms with Gasteiger partial charge in [-0.3, -0.25) is 4.79 Å². The topological polar surface area (TPSA) is 86.5 Å². The van der Waals surface area contributed by atoms with Crippen LogP contribution in [-0.2, 0) is 6.54 Å². The number of nitrogens with two attached hydrogens (primary N) is 1. The van der Waals surface area contributed by atoms with E-state index in [-0.39, 0.29) is 29.6 Å². The quantitative estimate of drug-likeness (QED) is 0.547. The normalized spacial score (nSPS) is 11.1. The first-order valence-electron chi connectivity index (χ1n) is 8.94. The Morgan fingerprint density at radius 3 is 2.39 bits per heavy atom. The number of carbonyl (C=O) groups is 1. The highest BCUT2D eigenvalue weighted by Crippen LogP contribution is 2.31. The van der Waals surface area contributed by atoms with Gasteiger partial charge in [-0.2, -0.15) is 0 Å². The summed E-state index contributed by atoms with van der Waals surface area (Å²) in [6, 6.07) is 12.5. The van der Waals surface area contributed by atoms with Gasteiger partial charge in [-0.25, -0.2) is 9.37 Å². The van der Waals surface area contributed by atoms with E-state index in [1.165, 1.54) is 6.07 Å². The molecule has 0 saturated heterocycles. The number of pyridine rings is 1. The number of halogens is 4. The average molecular weight is 435 g/mol. The summed E-state index contributed by atoms with van der Waals surface area (Å²) >= 11 is 0. The molecule has 31 heavy (non-hydrogen) atoms. The fourth-order valence-corrected chi connectivity index (χ4v) is 2.61. The lowest BCUT2D eigenvalue weighted by molar-refractivity contribution is -0.275. The third-order valence-electron chi connectivity index (χ3n) is 4.05. The molecule has 1 aromatic heterocycles. The summed E-state index contributed by atoms with van der Waals surface area (Å²) in [7, 11) is 0. The van der Waals surface area contributed by atoms with Gasteiger partial charge in [0.15, 0.2) is 11.6 Å². The highest BCUT2D eigenvalue weighted by molar-refractivity contribution is 5.98. The number of rotatable bonds is 6. The van der Waals surface area contributed by atoms with E-state index in [1.807, 2.05) is 0 Å². The number of hydrogen-bond acceptors (Lipinski definition) is 5. The Morgan fingerprint density at radius 1 is 1.06 bits per heavy atom. The first kappa shape index (κ1) is 21.9. The average Bonchev–Trinajstić information content (AvgIpc) is 2.69. The number of benzene rings is 2. The van der Waals surface area contributed by atoms with Crippen LogP contribution in [-0.4, -0.2) is 17.3 Å². The number of nitrogens with zero attached hydrogens (tertiary/aromatic N) is 1.